The highest BCUT2D eigenvalue weighted by Gasteiger charge is 2.33. The van der Waals surface area contributed by atoms with Crippen LogP contribution in [0.2, 0.25) is 0 Å². The summed E-state index contributed by atoms with van der Waals surface area (Å²) in [5, 5.41) is 0.882. The summed E-state index contributed by atoms with van der Waals surface area (Å²) in [4.78, 5) is 39.4. The van der Waals surface area contributed by atoms with Gasteiger partial charge in [-0.05, 0) is 59.4 Å². The number of pyridine rings is 2. The van der Waals surface area contributed by atoms with Crippen molar-refractivity contribution in [2.24, 2.45) is 0 Å². The van der Waals surface area contributed by atoms with Crippen LogP contribution in [0.25, 0.3) is 0 Å². The Kier molecular flexibility index (Phi) is 13.8. The number of aromatic nitrogens is 6. The number of aryl methyl sites for hydroxylation is 2. The Morgan fingerprint density at radius 3 is 1.86 bits per heavy atom. The van der Waals surface area contributed by atoms with Gasteiger partial charge in [0.1, 0.15) is 5.69 Å². The van der Waals surface area contributed by atoms with E-state index in [1.807, 2.05) is 35.4 Å². The highest BCUT2D eigenvalue weighted by Crippen LogP contribution is 2.29. The Labute approximate surface area is 259 Å². The molecule has 4 aromatic heterocycles. The van der Waals surface area contributed by atoms with Gasteiger partial charge in [-0.15, -0.1) is 0 Å². The first kappa shape index (κ1) is 35.9. The molecule has 0 aliphatic carbocycles. The SMILES string of the molecule is CCc1cnccc1CBr.CCc1cnccc1CSc1nc(C(F)(F)F)cc(=O)[nH]1.O=c1cc(C(F)(F)F)[nH]c(=S)[nH]1. The van der Waals surface area contributed by atoms with Gasteiger partial charge in [-0.1, -0.05) is 41.5 Å². The zero-order valence-corrected chi connectivity index (χ0v) is 25.8. The van der Waals surface area contributed by atoms with Crippen molar-refractivity contribution in [2.75, 3.05) is 0 Å². The highest BCUT2D eigenvalue weighted by molar-refractivity contribution is 9.08. The molecule has 0 bridgehead atoms. The van der Waals surface area contributed by atoms with Gasteiger partial charge >= 0.3 is 12.4 Å². The Balaban J connectivity index is 0.000000248. The molecule has 0 radical (unpaired) electrons. The molecule has 0 unspecified atom stereocenters. The molecule has 232 valence electrons. The lowest BCUT2D eigenvalue weighted by Gasteiger charge is -2.08. The Bertz CT molecular complexity index is 1610. The van der Waals surface area contributed by atoms with Crippen molar-refractivity contribution in [2.45, 2.75) is 55.3 Å². The van der Waals surface area contributed by atoms with Crippen LogP contribution >= 0.6 is 39.9 Å². The third kappa shape index (κ3) is 12.1. The van der Waals surface area contributed by atoms with E-state index in [1.165, 1.54) is 11.1 Å². The number of nitrogens with one attached hydrogen (secondary N) is 3. The van der Waals surface area contributed by atoms with Crippen molar-refractivity contribution in [1.82, 2.24) is 29.9 Å². The van der Waals surface area contributed by atoms with Crippen molar-refractivity contribution in [3.05, 3.63) is 108 Å². The fraction of sp³-hybridized carbons (Fsp3) is 0.308. The third-order valence-corrected chi connectivity index (χ3v) is 7.09. The maximum Gasteiger partial charge on any atom is 0.433 e. The molecule has 0 saturated carbocycles. The second-order valence-corrected chi connectivity index (χ2v) is 10.3. The molecule has 4 aromatic rings. The van der Waals surface area contributed by atoms with Crippen LogP contribution in [0, 0.1) is 4.77 Å². The monoisotopic (exact) mass is 710 g/mol. The van der Waals surface area contributed by atoms with E-state index in [9.17, 15) is 35.9 Å². The van der Waals surface area contributed by atoms with Crippen LogP contribution in [0.3, 0.4) is 0 Å². The molecule has 0 atom stereocenters. The van der Waals surface area contributed by atoms with Crippen LogP contribution in [-0.2, 0) is 36.3 Å². The van der Waals surface area contributed by atoms with E-state index < -0.39 is 34.9 Å². The molecule has 4 heterocycles. The largest absolute Gasteiger partial charge is 0.433 e. The van der Waals surface area contributed by atoms with Crippen molar-refractivity contribution in [1.29, 1.82) is 0 Å². The maximum absolute atomic E-state index is 12.6. The van der Waals surface area contributed by atoms with Crippen LogP contribution in [0.4, 0.5) is 26.3 Å². The zero-order chi connectivity index (χ0) is 32.2. The Hall–Kier alpha value is -3.31. The lowest BCUT2D eigenvalue weighted by atomic mass is 10.1. The Morgan fingerprint density at radius 2 is 1.37 bits per heavy atom. The molecule has 8 nitrogen and oxygen atoms in total. The average molecular weight is 712 g/mol. The quantitative estimate of drug-likeness (QED) is 0.0646. The van der Waals surface area contributed by atoms with Gasteiger partial charge in [0.05, 0.1) is 0 Å². The van der Waals surface area contributed by atoms with Crippen molar-refractivity contribution in [3.63, 3.8) is 0 Å². The molecule has 17 heteroatoms. The normalized spacial score (nSPS) is 11.2. The molecule has 0 saturated heterocycles. The van der Waals surface area contributed by atoms with Crippen molar-refractivity contribution >= 4 is 39.9 Å². The minimum atomic E-state index is -4.63. The number of hydrogen-bond donors (Lipinski definition) is 3. The standard InChI is InChI=1S/C13H12F3N3OS.C8H10BrN.C5H3F3N2OS/c1-2-8-6-17-4-3-9(8)7-21-12-18-10(13(14,15)16)5-11(20)19-12;1-2-7-6-10-4-3-8(7)5-9;6-5(7,8)2-1-3(11)10-4(12)9-2/h3-6H,2,7H2,1H3,(H,18,19,20);3-4,6H,2,5H2,1H3;1H,(H2,9,10,11,12). The first-order valence-corrected chi connectivity index (χ1v) is 14.8. The summed E-state index contributed by atoms with van der Waals surface area (Å²) < 4.78 is 73.2. The summed E-state index contributed by atoms with van der Waals surface area (Å²) in [6, 6.07) is 4.72. The van der Waals surface area contributed by atoms with E-state index in [4.69, 9.17) is 0 Å². The molecule has 4 rings (SSSR count). The summed E-state index contributed by atoms with van der Waals surface area (Å²) >= 11 is 8.82. The predicted octanol–water partition coefficient (Wildman–Crippen LogP) is 7.03. The molecular weight excluding hydrogens is 686 g/mol. The Morgan fingerprint density at radius 1 is 0.814 bits per heavy atom. The fourth-order valence-electron chi connectivity index (χ4n) is 3.24. The molecule has 0 fully saturated rings. The molecule has 0 aliphatic heterocycles. The molecule has 3 N–H and O–H groups in total. The van der Waals surface area contributed by atoms with Crippen LogP contribution in [0.15, 0.2) is 63.8 Å². The van der Waals surface area contributed by atoms with Crippen LogP contribution in [0.1, 0.15) is 47.5 Å². The smallest absolute Gasteiger partial charge is 0.328 e. The topological polar surface area (TPSA) is 120 Å². The second kappa shape index (κ2) is 16.5. The van der Waals surface area contributed by atoms with E-state index in [-0.39, 0.29) is 9.93 Å². The number of aromatic amines is 3. The first-order valence-electron chi connectivity index (χ1n) is 12.3. The van der Waals surface area contributed by atoms with E-state index in [0.717, 1.165) is 41.1 Å². The average Bonchev–Trinajstić information content (AvgIpc) is 2.95. The molecule has 43 heavy (non-hydrogen) atoms. The minimum Gasteiger partial charge on any atom is -0.328 e. The lowest BCUT2D eigenvalue weighted by Crippen LogP contribution is -2.16. The van der Waals surface area contributed by atoms with Gasteiger partial charge in [0.15, 0.2) is 15.6 Å². The number of H-pyrrole nitrogens is 3. The highest BCUT2D eigenvalue weighted by atomic mass is 79.9. The van der Waals surface area contributed by atoms with Crippen molar-refractivity contribution < 1.29 is 26.3 Å². The number of alkyl halides is 7. The molecule has 0 spiro atoms. The van der Waals surface area contributed by atoms with Gasteiger partial charge < -0.3 is 9.97 Å². The van der Waals surface area contributed by atoms with Crippen molar-refractivity contribution in [3.8, 4) is 0 Å². The van der Waals surface area contributed by atoms with E-state index in [2.05, 4.69) is 55.0 Å². The summed E-state index contributed by atoms with van der Waals surface area (Å²) in [5.41, 5.74) is 0.639. The van der Waals surface area contributed by atoms with E-state index in [1.54, 1.807) is 18.5 Å². The van der Waals surface area contributed by atoms with Gasteiger partial charge in [-0.2, -0.15) is 26.3 Å². The van der Waals surface area contributed by atoms with Crippen LogP contribution in [0.5, 0.6) is 0 Å². The van der Waals surface area contributed by atoms with Gasteiger partial charge in [0, 0.05) is 48.0 Å². The molecule has 0 aliphatic rings. The first-order chi connectivity index (χ1) is 20.2. The number of thioether (sulfide) groups is 1. The molecular formula is C26H25BrF6N6O2S2. The van der Waals surface area contributed by atoms with Gasteiger partial charge in [-0.3, -0.25) is 24.5 Å². The van der Waals surface area contributed by atoms with Gasteiger partial charge in [0.25, 0.3) is 11.1 Å². The second-order valence-electron chi connectivity index (χ2n) is 8.35. The van der Waals surface area contributed by atoms with Gasteiger partial charge in [-0.25, -0.2) is 4.98 Å². The summed E-state index contributed by atoms with van der Waals surface area (Å²) in [6.07, 6.45) is -0.260. The number of rotatable bonds is 6. The summed E-state index contributed by atoms with van der Waals surface area (Å²) in [5.74, 6) is 0.413. The number of hydrogen-bond acceptors (Lipinski definition) is 7. The van der Waals surface area contributed by atoms with Gasteiger partial charge in [0.2, 0.25) is 0 Å². The summed E-state index contributed by atoms with van der Waals surface area (Å²) in [7, 11) is 0. The minimum absolute atomic E-state index is 0.0475. The van der Waals surface area contributed by atoms with E-state index >= 15 is 0 Å². The predicted molar refractivity (Wildman–Crippen MR) is 157 cm³/mol. The lowest BCUT2D eigenvalue weighted by molar-refractivity contribution is -0.142. The van der Waals surface area contributed by atoms with Crippen LogP contribution < -0.4 is 11.1 Å². The number of nitrogens with zero attached hydrogens (tertiary/aromatic N) is 3. The summed E-state index contributed by atoms with van der Waals surface area (Å²) in [6.45, 7) is 4.11. The number of halogens is 7. The van der Waals surface area contributed by atoms with E-state index in [0.29, 0.717) is 17.9 Å². The zero-order valence-electron chi connectivity index (χ0n) is 22.6. The third-order valence-electron chi connectivity index (χ3n) is 5.36. The molecule has 0 aromatic carbocycles. The fourth-order valence-corrected chi connectivity index (χ4v) is 4.90. The molecule has 0 amide bonds. The van der Waals surface area contributed by atoms with Crippen LogP contribution in [-0.4, -0.2) is 29.9 Å². The maximum atomic E-state index is 12.6.